The molecule has 0 bridgehead atoms. The number of nitrogens with zero attached hydrogens (tertiary/aromatic N) is 4. The zero-order chi connectivity index (χ0) is 17.5. The minimum Gasteiger partial charge on any atom is -0.337 e. The van der Waals surface area contributed by atoms with Crippen LogP contribution in [0.5, 0.6) is 0 Å². The highest BCUT2D eigenvalue weighted by molar-refractivity contribution is 5.91. The van der Waals surface area contributed by atoms with Crippen LogP contribution in [0, 0.1) is 11.3 Å². The third-order valence-corrected chi connectivity index (χ3v) is 4.30. The van der Waals surface area contributed by atoms with E-state index in [-0.39, 0.29) is 5.91 Å². The molecule has 2 aromatic rings. The first-order valence-electron chi connectivity index (χ1n) is 8.33. The van der Waals surface area contributed by atoms with E-state index in [9.17, 15) is 4.79 Å². The van der Waals surface area contributed by atoms with Gasteiger partial charge in [-0.3, -0.25) is 14.7 Å². The molecule has 1 amide bonds. The van der Waals surface area contributed by atoms with Crippen molar-refractivity contribution in [2.45, 2.75) is 6.54 Å². The van der Waals surface area contributed by atoms with Crippen molar-refractivity contribution in [3.8, 4) is 6.07 Å². The van der Waals surface area contributed by atoms with E-state index in [4.69, 9.17) is 5.26 Å². The molecule has 0 saturated carbocycles. The summed E-state index contributed by atoms with van der Waals surface area (Å²) in [6.07, 6.45) is 7.03. The van der Waals surface area contributed by atoms with Crippen LogP contribution in [-0.4, -0.2) is 46.9 Å². The molecule has 1 fully saturated rings. The average molecular weight is 332 g/mol. The number of benzene rings is 1. The highest BCUT2D eigenvalue weighted by Crippen LogP contribution is 2.10. The monoisotopic (exact) mass is 332 g/mol. The Bertz CT molecular complexity index is 770. The fraction of sp³-hybridized carbons (Fsp3) is 0.250. The molecule has 0 N–H and O–H groups in total. The fourth-order valence-electron chi connectivity index (χ4n) is 2.81. The van der Waals surface area contributed by atoms with Crippen LogP contribution in [0.3, 0.4) is 0 Å². The Kier molecular flexibility index (Phi) is 5.55. The highest BCUT2D eigenvalue weighted by Gasteiger charge is 2.19. The normalized spacial score (nSPS) is 15.2. The third-order valence-electron chi connectivity index (χ3n) is 4.30. The number of amides is 1. The third kappa shape index (κ3) is 4.75. The quantitative estimate of drug-likeness (QED) is 0.806. The molecule has 0 atom stereocenters. The van der Waals surface area contributed by atoms with Crippen molar-refractivity contribution in [3.05, 3.63) is 71.6 Å². The maximum atomic E-state index is 12.3. The van der Waals surface area contributed by atoms with E-state index in [1.165, 1.54) is 5.56 Å². The van der Waals surface area contributed by atoms with Crippen molar-refractivity contribution in [1.29, 1.82) is 5.26 Å². The molecule has 0 spiro atoms. The molecule has 126 valence electrons. The maximum absolute atomic E-state index is 12.3. The largest absolute Gasteiger partial charge is 0.337 e. The number of aromatic nitrogens is 1. The van der Waals surface area contributed by atoms with Crippen LogP contribution in [0.2, 0.25) is 0 Å². The number of hydrogen-bond donors (Lipinski definition) is 0. The predicted octanol–water partition coefficient (Wildman–Crippen LogP) is 2.31. The highest BCUT2D eigenvalue weighted by atomic mass is 16.2. The Labute approximate surface area is 147 Å². The van der Waals surface area contributed by atoms with Crippen LogP contribution >= 0.6 is 0 Å². The standard InChI is InChI=1S/C20H20N4O/c21-15-18-3-1-17(2-4-18)5-6-20(25)24-13-11-23(12-14-24)16-19-7-9-22-10-8-19/h1-10H,11-14,16H2/b6-5+. The molecule has 0 radical (unpaired) electrons. The Morgan fingerprint density at radius 1 is 1.08 bits per heavy atom. The van der Waals surface area contributed by atoms with E-state index in [2.05, 4.69) is 16.0 Å². The van der Waals surface area contributed by atoms with E-state index < -0.39 is 0 Å². The number of piperazine rings is 1. The molecule has 3 rings (SSSR count). The molecule has 2 heterocycles. The van der Waals surface area contributed by atoms with Gasteiger partial charge in [0.25, 0.3) is 0 Å². The summed E-state index contributed by atoms with van der Waals surface area (Å²) in [5, 5.41) is 8.80. The van der Waals surface area contributed by atoms with Crippen molar-refractivity contribution in [3.63, 3.8) is 0 Å². The average Bonchev–Trinajstić information content (AvgIpc) is 2.68. The molecular formula is C20H20N4O. The number of carbonyl (C=O) groups excluding carboxylic acids is 1. The van der Waals surface area contributed by atoms with Gasteiger partial charge < -0.3 is 4.90 Å². The van der Waals surface area contributed by atoms with Gasteiger partial charge in [-0.2, -0.15) is 5.26 Å². The number of rotatable bonds is 4. The van der Waals surface area contributed by atoms with Crippen LogP contribution in [0.1, 0.15) is 16.7 Å². The zero-order valence-corrected chi connectivity index (χ0v) is 14.0. The lowest BCUT2D eigenvalue weighted by molar-refractivity contribution is -0.127. The lowest BCUT2D eigenvalue weighted by Gasteiger charge is -2.34. The molecule has 1 aliphatic heterocycles. The van der Waals surface area contributed by atoms with Crippen molar-refractivity contribution in [1.82, 2.24) is 14.8 Å². The molecule has 25 heavy (non-hydrogen) atoms. The van der Waals surface area contributed by atoms with Gasteiger partial charge >= 0.3 is 0 Å². The molecular weight excluding hydrogens is 312 g/mol. The number of carbonyl (C=O) groups is 1. The smallest absolute Gasteiger partial charge is 0.246 e. The van der Waals surface area contributed by atoms with E-state index in [1.807, 2.05) is 41.6 Å². The first-order chi connectivity index (χ1) is 12.2. The minimum absolute atomic E-state index is 0.0351. The van der Waals surface area contributed by atoms with Crippen LogP contribution in [0.4, 0.5) is 0 Å². The summed E-state index contributed by atoms with van der Waals surface area (Å²) in [5.41, 5.74) is 2.79. The summed E-state index contributed by atoms with van der Waals surface area (Å²) >= 11 is 0. The molecule has 1 aromatic heterocycles. The van der Waals surface area contributed by atoms with E-state index >= 15 is 0 Å². The summed E-state index contributed by atoms with van der Waals surface area (Å²) in [7, 11) is 0. The second-order valence-electron chi connectivity index (χ2n) is 6.02. The first-order valence-corrected chi connectivity index (χ1v) is 8.33. The molecule has 0 unspecified atom stereocenters. The Morgan fingerprint density at radius 3 is 2.40 bits per heavy atom. The summed E-state index contributed by atoms with van der Waals surface area (Å²) in [5.74, 6) is 0.0351. The maximum Gasteiger partial charge on any atom is 0.246 e. The van der Waals surface area contributed by atoms with E-state index in [0.29, 0.717) is 5.56 Å². The van der Waals surface area contributed by atoms with Gasteiger partial charge in [0.2, 0.25) is 5.91 Å². The minimum atomic E-state index is 0.0351. The van der Waals surface area contributed by atoms with Crippen LogP contribution < -0.4 is 0 Å². The number of nitriles is 1. The predicted molar refractivity (Wildman–Crippen MR) is 96.3 cm³/mol. The van der Waals surface area contributed by atoms with Crippen molar-refractivity contribution in [2.24, 2.45) is 0 Å². The molecule has 0 aliphatic carbocycles. The summed E-state index contributed by atoms with van der Waals surface area (Å²) in [4.78, 5) is 20.6. The van der Waals surface area contributed by atoms with Crippen molar-refractivity contribution >= 4 is 12.0 Å². The summed E-state index contributed by atoms with van der Waals surface area (Å²) in [6.45, 7) is 4.12. The van der Waals surface area contributed by atoms with E-state index in [0.717, 1.165) is 38.3 Å². The number of pyridine rings is 1. The molecule has 5 heteroatoms. The first kappa shape index (κ1) is 16.9. The van der Waals surface area contributed by atoms with Crippen LogP contribution in [-0.2, 0) is 11.3 Å². The van der Waals surface area contributed by atoms with Gasteiger partial charge in [-0.15, -0.1) is 0 Å². The van der Waals surface area contributed by atoms with Gasteiger partial charge in [0.15, 0.2) is 0 Å². The molecule has 1 saturated heterocycles. The van der Waals surface area contributed by atoms with Crippen LogP contribution in [0.15, 0.2) is 54.9 Å². The molecule has 1 aliphatic rings. The fourth-order valence-corrected chi connectivity index (χ4v) is 2.81. The SMILES string of the molecule is N#Cc1ccc(/C=C/C(=O)N2CCN(Cc3ccncc3)CC2)cc1. The van der Waals surface area contributed by atoms with Crippen LogP contribution in [0.25, 0.3) is 6.08 Å². The lowest BCUT2D eigenvalue weighted by atomic mass is 10.1. The van der Waals surface area contributed by atoms with E-state index in [1.54, 1.807) is 24.3 Å². The molecule has 5 nitrogen and oxygen atoms in total. The van der Waals surface area contributed by atoms with Gasteiger partial charge in [-0.1, -0.05) is 12.1 Å². The van der Waals surface area contributed by atoms with Gasteiger partial charge in [-0.25, -0.2) is 0 Å². The van der Waals surface area contributed by atoms with Gasteiger partial charge in [0, 0.05) is 51.2 Å². The van der Waals surface area contributed by atoms with Gasteiger partial charge in [0.05, 0.1) is 11.6 Å². The lowest BCUT2D eigenvalue weighted by Crippen LogP contribution is -2.47. The Hall–Kier alpha value is -2.97. The zero-order valence-electron chi connectivity index (χ0n) is 14.0. The van der Waals surface area contributed by atoms with Gasteiger partial charge in [-0.05, 0) is 41.5 Å². The Morgan fingerprint density at radius 2 is 1.76 bits per heavy atom. The van der Waals surface area contributed by atoms with Crippen molar-refractivity contribution < 1.29 is 4.79 Å². The second kappa shape index (κ2) is 8.22. The van der Waals surface area contributed by atoms with Crippen molar-refractivity contribution in [2.75, 3.05) is 26.2 Å². The summed E-state index contributed by atoms with van der Waals surface area (Å²) < 4.78 is 0. The summed E-state index contributed by atoms with van der Waals surface area (Å²) in [6, 6.07) is 13.3. The second-order valence-corrected chi connectivity index (χ2v) is 6.02. The topological polar surface area (TPSA) is 60.2 Å². The molecule has 1 aromatic carbocycles. The van der Waals surface area contributed by atoms with Gasteiger partial charge in [0.1, 0.15) is 0 Å². The number of hydrogen-bond acceptors (Lipinski definition) is 4. The Balaban J connectivity index is 1.49.